The number of para-hydroxylation sites is 1. The molecule has 0 fully saturated rings. The highest BCUT2D eigenvalue weighted by Gasteiger charge is 2.12. The van der Waals surface area contributed by atoms with Crippen LogP contribution >= 0.6 is 0 Å². The second-order valence-corrected chi connectivity index (χ2v) is 4.08. The second kappa shape index (κ2) is 5.84. The van der Waals surface area contributed by atoms with Crippen LogP contribution in [0.15, 0.2) is 28.7 Å². The Labute approximate surface area is 102 Å². The molecule has 0 saturated carbocycles. The van der Waals surface area contributed by atoms with Gasteiger partial charge in [-0.05, 0) is 19.5 Å². The minimum absolute atomic E-state index is 0.627. The molecule has 1 N–H and O–H groups in total. The van der Waals surface area contributed by atoms with Crippen molar-refractivity contribution in [1.82, 2.24) is 5.32 Å². The third-order valence-corrected chi connectivity index (χ3v) is 2.71. The number of hydrogen-bond acceptors (Lipinski definition) is 3. The van der Waals surface area contributed by atoms with E-state index in [0.29, 0.717) is 6.61 Å². The molecule has 3 heteroatoms. The van der Waals surface area contributed by atoms with Gasteiger partial charge in [-0.15, -0.1) is 0 Å². The third-order valence-electron chi connectivity index (χ3n) is 2.71. The van der Waals surface area contributed by atoms with Crippen molar-refractivity contribution in [2.45, 2.75) is 26.5 Å². The lowest BCUT2D eigenvalue weighted by Crippen LogP contribution is -2.07. The molecular formula is C14H19NO2. The molecule has 0 unspecified atom stereocenters. The van der Waals surface area contributed by atoms with E-state index in [1.807, 2.05) is 25.2 Å². The van der Waals surface area contributed by atoms with Crippen LogP contribution in [0.25, 0.3) is 11.0 Å². The third kappa shape index (κ3) is 2.68. The maximum Gasteiger partial charge on any atom is 0.134 e. The lowest BCUT2D eigenvalue weighted by molar-refractivity contribution is 0.121. The summed E-state index contributed by atoms with van der Waals surface area (Å²) in [5.74, 6) is 0.977. The van der Waals surface area contributed by atoms with Crippen LogP contribution in [0.2, 0.25) is 0 Å². The van der Waals surface area contributed by atoms with Gasteiger partial charge in [-0.25, -0.2) is 0 Å². The van der Waals surface area contributed by atoms with E-state index in [0.717, 1.165) is 36.3 Å². The summed E-state index contributed by atoms with van der Waals surface area (Å²) in [6.07, 6.45) is 1.04. The van der Waals surface area contributed by atoms with E-state index in [-0.39, 0.29) is 0 Å². The minimum atomic E-state index is 0.627. The van der Waals surface area contributed by atoms with E-state index in [2.05, 4.69) is 18.3 Å². The predicted molar refractivity (Wildman–Crippen MR) is 68.9 cm³/mol. The first-order valence-corrected chi connectivity index (χ1v) is 6.08. The average molecular weight is 233 g/mol. The Kier molecular flexibility index (Phi) is 4.18. The number of rotatable bonds is 6. The summed E-state index contributed by atoms with van der Waals surface area (Å²) in [6.45, 7) is 4.27. The first-order chi connectivity index (χ1) is 8.36. The van der Waals surface area contributed by atoms with E-state index in [1.54, 1.807) is 0 Å². The van der Waals surface area contributed by atoms with Crippen molar-refractivity contribution in [3.8, 4) is 0 Å². The summed E-state index contributed by atoms with van der Waals surface area (Å²) in [7, 11) is 1.92. The van der Waals surface area contributed by atoms with Gasteiger partial charge in [-0.2, -0.15) is 0 Å². The number of ether oxygens (including phenoxy) is 1. The van der Waals surface area contributed by atoms with Gasteiger partial charge in [0.15, 0.2) is 0 Å². The van der Waals surface area contributed by atoms with Gasteiger partial charge in [0.25, 0.3) is 0 Å². The van der Waals surface area contributed by atoms with Crippen LogP contribution in [0.1, 0.15) is 24.7 Å². The molecule has 0 amide bonds. The van der Waals surface area contributed by atoms with Gasteiger partial charge in [0.05, 0.1) is 13.2 Å². The molecule has 0 saturated heterocycles. The first-order valence-electron chi connectivity index (χ1n) is 6.08. The van der Waals surface area contributed by atoms with Crippen molar-refractivity contribution in [3.63, 3.8) is 0 Å². The van der Waals surface area contributed by atoms with Gasteiger partial charge in [0.1, 0.15) is 11.3 Å². The molecule has 0 radical (unpaired) electrons. The highest BCUT2D eigenvalue weighted by molar-refractivity contribution is 5.82. The van der Waals surface area contributed by atoms with E-state index in [9.17, 15) is 0 Å². The SMILES string of the molecule is CCCOCc1c(CNC)oc2ccccc12. The van der Waals surface area contributed by atoms with Crippen LogP contribution in [-0.2, 0) is 17.9 Å². The summed E-state index contributed by atoms with van der Waals surface area (Å²) in [5, 5.41) is 4.29. The van der Waals surface area contributed by atoms with E-state index in [4.69, 9.17) is 9.15 Å². The fourth-order valence-corrected chi connectivity index (χ4v) is 1.93. The van der Waals surface area contributed by atoms with Gasteiger partial charge in [0, 0.05) is 17.6 Å². The Balaban J connectivity index is 2.30. The number of hydrogen-bond donors (Lipinski definition) is 1. The molecule has 17 heavy (non-hydrogen) atoms. The van der Waals surface area contributed by atoms with E-state index in [1.165, 1.54) is 5.56 Å². The van der Waals surface area contributed by atoms with Crippen LogP contribution in [-0.4, -0.2) is 13.7 Å². The van der Waals surface area contributed by atoms with E-state index >= 15 is 0 Å². The lowest BCUT2D eigenvalue weighted by atomic mass is 10.1. The van der Waals surface area contributed by atoms with Gasteiger partial charge in [-0.3, -0.25) is 0 Å². The standard InChI is InChI=1S/C14H19NO2/c1-3-8-16-10-12-11-6-4-5-7-13(11)17-14(12)9-15-2/h4-7,15H,3,8-10H2,1-2H3. The van der Waals surface area contributed by atoms with Crippen molar-refractivity contribution in [1.29, 1.82) is 0 Å². The summed E-state index contributed by atoms with van der Waals surface area (Å²) in [5.41, 5.74) is 2.11. The van der Waals surface area contributed by atoms with Crippen LogP contribution in [0, 0.1) is 0 Å². The second-order valence-electron chi connectivity index (χ2n) is 4.08. The topological polar surface area (TPSA) is 34.4 Å². The minimum Gasteiger partial charge on any atom is -0.459 e. The molecule has 1 aromatic carbocycles. The highest BCUT2D eigenvalue weighted by Crippen LogP contribution is 2.26. The summed E-state index contributed by atoms with van der Waals surface area (Å²) in [4.78, 5) is 0. The molecule has 3 nitrogen and oxygen atoms in total. The Bertz CT molecular complexity index is 476. The molecule has 0 spiro atoms. The molecule has 0 atom stereocenters. The normalized spacial score (nSPS) is 11.2. The molecule has 2 aromatic rings. The fraction of sp³-hybridized carbons (Fsp3) is 0.429. The molecule has 0 aliphatic heterocycles. The predicted octanol–water partition coefficient (Wildman–Crippen LogP) is 3.08. The maximum absolute atomic E-state index is 5.83. The van der Waals surface area contributed by atoms with Crippen LogP contribution in [0.4, 0.5) is 0 Å². The van der Waals surface area contributed by atoms with Gasteiger partial charge in [0.2, 0.25) is 0 Å². The molecule has 0 bridgehead atoms. The number of fused-ring (bicyclic) bond motifs is 1. The summed E-state index contributed by atoms with van der Waals surface area (Å²) >= 11 is 0. The highest BCUT2D eigenvalue weighted by atomic mass is 16.5. The van der Waals surface area contributed by atoms with Crippen molar-refractivity contribution >= 4 is 11.0 Å². The fourth-order valence-electron chi connectivity index (χ4n) is 1.93. The first kappa shape index (κ1) is 12.1. The summed E-state index contributed by atoms with van der Waals surface area (Å²) in [6, 6.07) is 8.11. The van der Waals surface area contributed by atoms with Crippen molar-refractivity contribution < 1.29 is 9.15 Å². The molecular weight excluding hydrogens is 214 g/mol. The van der Waals surface area contributed by atoms with Crippen LogP contribution in [0.3, 0.4) is 0 Å². The lowest BCUT2D eigenvalue weighted by Gasteiger charge is -2.03. The molecule has 1 aromatic heterocycles. The molecule has 0 aliphatic rings. The molecule has 1 heterocycles. The molecule has 2 rings (SSSR count). The maximum atomic E-state index is 5.83. The number of benzene rings is 1. The van der Waals surface area contributed by atoms with Crippen LogP contribution in [0.5, 0.6) is 0 Å². The number of furan rings is 1. The zero-order chi connectivity index (χ0) is 12.1. The molecule has 0 aliphatic carbocycles. The monoisotopic (exact) mass is 233 g/mol. The Morgan fingerprint density at radius 2 is 2.12 bits per heavy atom. The average Bonchev–Trinajstić information content (AvgIpc) is 2.69. The van der Waals surface area contributed by atoms with Crippen molar-refractivity contribution in [2.75, 3.05) is 13.7 Å². The van der Waals surface area contributed by atoms with Crippen molar-refractivity contribution in [3.05, 3.63) is 35.6 Å². The number of nitrogens with one attached hydrogen (secondary N) is 1. The molecule has 92 valence electrons. The zero-order valence-electron chi connectivity index (χ0n) is 10.5. The zero-order valence-corrected chi connectivity index (χ0v) is 10.5. The quantitative estimate of drug-likeness (QED) is 0.779. The van der Waals surface area contributed by atoms with Gasteiger partial charge < -0.3 is 14.5 Å². The summed E-state index contributed by atoms with van der Waals surface area (Å²) < 4.78 is 11.5. The Hall–Kier alpha value is -1.32. The largest absolute Gasteiger partial charge is 0.459 e. The van der Waals surface area contributed by atoms with Crippen LogP contribution < -0.4 is 5.32 Å². The smallest absolute Gasteiger partial charge is 0.134 e. The van der Waals surface area contributed by atoms with Crippen molar-refractivity contribution in [2.24, 2.45) is 0 Å². The van der Waals surface area contributed by atoms with Gasteiger partial charge >= 0.3 is 0 Å². The Morgan fingerprint density at radius 3 is 2.88 bits per heavy atom. The van der Waals surface area contributed by atoms with Gasteiger partial charge in [-0.1, -0.05) is 25.1 Å². The van der Waals surface area contributed by atoms with E-state index < -0.39 is 0 Å². The Morgan fingerprint density at radius 1 is 1.29 bits per heavy atom.